The predicted molar refractivity (Wildman–Crippen MR) is 40.1 cm³/mol. The minimum Gasteiger partial charge on any atom is -0.395 e. The van der Waals surface area contributed by atoms with Crippen molar-refractivity contribution in [3.63, 3.8) is 0 Å². The van der Waals surface area contributed by atoms with Gasteiger partial charge >= 0.3 is 0 Å². The summed E-state index contributed by atoms with van der Waals surface area (Å²) in [5.74, 6) is 0. The summed E-state index contributed by atoms with van der Waals surface area (Å²) >= 11 is 0. The van der Waals surface area contributed by atoms with Crippen molar-refractivity contribution in [3.05, 3.63) is 0 Å². The monoisotopic (exact) mass is 161 g/mol. The molecule has 4 N–H and O–H groups in total. The highest BCUT2D eigenvalue weighted by atomic mass is 16.3. The summed E-state index contributed by atoms with van der Waals surface area (Å²) in [5.41, 5.74) is 0. The maximum atomic E-state index is 9.28. The lowest BCUT2D eigenvalue weighted by atomic mass is 9.97. The van der Waals surface area contributed by atoms with Crippen LogP contribution in [0.25, 0.3) is 0 Å². The molecule has 1 saturated heterocycles. The second-order valence-electron chi connectivity index (χ2n) is 2.98. The van der Waals surface area contributed by atoms with Crippen LogP contribution in [0.15, 0.2) is 0 Å². The van der Waals surface area contributed by atoms with Gasteiger partial charge in [-0.2, -0.15) is 0 Å². The molecule has 66 valence electrons. The van der Waals surface area contributed by atoms with Crippen LogP contribution in [0.1, 0.15) is 12.8 Å². The van der Waals surface area contributed by atoms with Gasteiger partial charge in [0.1, 0.15) is 0 Å². The molecule has 0 aromatic rings. The molecule has 1 rings (SSSR count). The molecule has 1 heterocycles. The van der Waals surface area contributed by atoms with Gasteiger partial charge in [0.25, 0.3) is 0 Å². The Balaban J connectivity index is 2.37. The number of piperidine rings is 1. The van der Waals surface area contributed by atoms with E-state index in [9.17, 15) is 5.11 Å². The Morgan fingerprint density at radius 2 is 1.91 bits per heavy atom. The maximum absolute atomic E-state index is 9.28. The van der Waals surface area contributed by atoms with E-state index in [4.69, 9.17) is 10.2 Å². The third-order valence-electron chi connectivity index (χ3n) is 2.14. The first-order valence-corrected chi connectivity index (χ1v) is 3.93. The Hall–Kier alpha value is -0.160. The van der Waals surface area contributed by atoms with Gasteiger partial charge in [0.05, 0.1) is 25.4 Å². The Labute approximate surface area is 65.9 Å². The summed E-state index contributed by atoms with van der Waals surface area (Å²) in [6, 6.07) is -0.226. The minimum absolute atomic E-state index is 0.0375. The lowest BCUT2D eigenvalue weighted by Gasteiger charge is -2.32. The number of rotatable bonds is 2. The van der Waals surface area contributed by atoms with Crippen LogP contribution >= 0.6 is 0 Å². The lowest BCUT2D eigenvalue weighted by Crippen LogP contribution is -2.53. The van der Waals surface area contributed by atoms with Crippen molar-refractivity contribution in [1.82, 2.24) is 5.32 Å². The summed E-state index contributed by atoms with van der Waals surface area (Å²) in [6.07, 6.45) is 0.959. The molecular formula is C7H15NO3. The third-order valence-corrected chi connectivity index (χ3v) is 2.14. The highest BCUT2D eigenvalue weighted by Gasteiger charge is 2.26. The van der Waals surface area contributed by atoms with E-state index in [0.717, 1.165) is 6.42 Å². The van der Waals surface area contributed by atoms with Crippen LogP contribution in [0.3, 0.4) is 0 Å². The third kappa shape index (κ3) is 2.13. The molecule has 0 aliphatic carbocycles. The van der Waals surface area contributed by atoms with E-state index < -0.39 is 6.10 Å². The molecule has 1 aliphatic heterocycles. The van der Waals surface area contributed by atoms with Gasteiger partial charge < -0.3 is 20.6 Å². The zero-order chi connectivity index (χ0) is 8.27. The summed E-state index contributed by atoms with van der Waals surface area (Å²) < 4.78 is 0. The van der Waals surface area contributed by atoms with Gasteiger partial charge in [0.2, 0.25) is 0 Å². The molecule has 0 amide bonds. The largest absolute Gasteiger partial charge is 0.395 e. The van der Waals surface area contributed by atoms with Gasteiger partial charge in [-0.25, -0.2) is 0 Å². The van der Waals surface area contributed by atoms with Crippen molar-refractivity contribution in [2.45, 2.75) is 31.0 Å². The van der Waals surface area contributed by atoms with Gasteiger partial charge in [0, 0.05) is 6.04 Å². The van der Waals surface area contributed by atoms with Crippen LogP contribution in [-0.4, -0.2) is 46.7 Å². The standard InChI is InChI=1S/C7H15NO3/c9-3-5-1-2-7(11)6(4-10)8-5/h5-11H,1-4H2. The summed E-state index contributed by atoms with van der Waals surface area (Å²) in [6.45, 7) is 0.000880. The molecule has 1 aliphatic rings. The number of aliphatic hydroxyl groups is 3. The fourth-order valence-electron chi connectivity index (χ4n) is 1.39. The van der Waals surface area contributed by atoms with Crippen LogP contribution in [0, 0.1) is 0 Å². The maximum Gasteiger partial charge on any atom is 0.0716 e. The van der Waals surface area contributed by atoms with Gasteiger partial charge in [-0.1, -0.05) is 0 Å². The van der Waals surface area contributed by atoms with Crippen molar-refractivity contribution in [2.24, 2.45) is 0 Å². The number of hydrogen-bond donors (Lipinski definition) is 4. The van der Waals surface area contributed by atoms with Crippen LogP contribution in [-0.2, 0) is 0 Å². The predicted octanol–water partition coefficient (Wildman–Crippen LogP) is -1.55. The lowest BCUT2D eigenvalue weighted by molar-refractivity contribution is 0.0395. The Kier molecular flexibility index (Phi) is 3.26. The molecule has 3 unspecified atom stereocenters. The number of aliphatic hydroxyl groups excluding tert-OH is 3. The molecule has 3 atom stereocenters. The highest BCUT2D eigenvalue weighted by molar-refractivity contribution is 4.85. The van der Waals surface area contributed by atoms with Crippen molar-refractivity contribution in [3.8, 4) is 0 Å². The minimum atomic E-state index is -0.470. The highest BCUT2D eigenvalue weighted by Crippen LogP contribution is 2.12. The molecule has 0 saturated carbocycles. The van der Waals surface area contributed by atoms with Crippen molar-refractivity contribution < 1.29 is 15.3 Å². The van der Waals surface area contributed by atoms with E-state index >= 15 is 0 Å². The van der Waals surface area contributed by atoms with Crippen molar-refractivity contribution >= 4 is 0 Å². The zero-order valence-electron chi connectivity index (χ0n) is 6.40. The van der Waals surface area contributed by atoms with Crippen LogP contribution in [0.4, 0.5) is 0 Å². The van der Waals surface area contributed by atoms with Crippen LogP contribution < -0.4 is 5.32 Å². The molecule has 11 heavy (non-hydrogen) atoms. The van der Waals surface area contributed by atoms with E-state index in [1.165, 1.54) is 0 Å². The van der Waals surface area contributed by atoms with Gasteiger partial charge in [-0.05, 0) is 12.8 Å². The molecule has 0 radical (unpaired) electrons. The topological polar surface area (TPSA) is 72.7 Å². The van der Waals surface area contributed by atoms with E-state index in [1.807, 2.05) is 0 Å². The first-order chi connectivity index (χ1) is 5.27. The van der Waals surface area contributed by atoms with Crippen LogP contribution in [0.2, 0.25) is 0 Å². The SMILES string of the molecule is OCC1CCC(O)C(CO)N1. The number of hydrogen-bond acceptors (Lipinski definition) is 4. The Bertz CT molecular complexity index is 120. The van der Waals surface area contributed by atoms with Gasteiger partial charge in [-0.15, -0.1) is 0 Å². The molecule has 0 aromatic heterocycles. The summed E-state index contributed by atoms with van der Waals surface area (Å²) in [7, 11) is 0. The fourth-order valence-corrected chi connectivity index (χ4v) is 1.39. The quantitative estimate of drug-likeness (QED) is 0.396. The Morgan fingerprint density at radius 1 is 1.18 bits per heavy atom. The van der Waals surface area contributed by atoms with E-state index in [2.05, 4.69) is 5.32 Å². The zero-order valence-corrected chi connectivity index (χ0v) is 6.40. The fraction of sp³-hybridized carbons (Fsp3) is 1.00. The second-order valence-corrected chi connectivity index (χ2v) is 2.98. The molecule has 1 fully saturated rings. The first-order valence-electron chi connectivity index (χ1n) is 3.93. The second kappa shape index (κ2) is 4.01. The summed E-state index contributed by atoms with van der Waals surface area (Å²) in [4.78, 5) is 0. The van der Waals surface area contributed by atoms with Crippen LogP contribution in [0.5, 0.6) is 0 Å². The molecule has 4 nitrogen and oxygen atoms in total. The van der Waals surface area contributed by atoms with Gasteiger partial charge in [0.15, 0.2) is 0 Å². The molecule has 4 heteroatoms. The van der Waals surface area contributed by atoms with E-state index in [1.54, 1.807) is 0 Å². The summed E-state index contributed by atoms with van der Waals surface area (Å²) in [5, 5.41) is 29.8. The van der Waals surface area contributed by atoms with Crippen molar-refractivity contribution in [2.75, 3.05) is 13.2 Å². The molecule has 0 aromatic carbocycles. The van der Waals surface area contributed by atoms with Crippen molar-refractivity contribution in [1.29, 1.82) is 0 Å². The molecule has 0 bridgehead atoms. The Morgan fingerprint density at radius 3 is 2.45 bits per heavy atom. The number of nitrogens with one attached hydrogen (secondary N) is 1. The molecular weight excluding hydrogens is 146 g/mol. The van der Waals surface area contributed by atoms with E-state index in [-0.39, 0.29) is 25.3 Å². The van der Waals surface area contributed by atoms with E-state index in [0.29, 0.717) is 6.42 Å². The average Bonchev–Trinajstić information content (AvgIpc) is 2.05. The van der Waals surface area contributed by atoms with Gasteiger partial charge in [-0.3, -0.25) is 0 Å². The smallest absolute Gasteiger partial charge is 0.0716 e. The normalized spacial score (nSPS) is 39.0. The average molecular weight is 161 g/mol. The first kappa shape index (κ1) is 8.93. The molecule has 0 spiro atoms.